The SMILES string of the molecule is O=C(Cc1ccccc1)NCCNC(=O)c1cccc(O)c1. The maximum atomic E-state index is 11.8. The number of rotatable bonds is 6. The van der Waals surface area contributed by atoms with E-state index >= 15 is 0 Å². The normalized spacial score (nSPS) is 10.0. The molecule has 5 heteroatoms. The maximum Gasteiger partial charge on any atom is 0.251 e. The van der Waals surface area contributed by atoms with Gasteiger partial charge in [0.2, 0.25) is 5.91 Å². The average molecular weight is 298 g/mol. The smallest absolute Gasteiger partial charge is 0.251 e. The predicted molar refractivity (Wildman–Crippen MR) is 83.6 cm³/mol. The van der Waals surface area contributed by atoms with Gasteiger partial charge in [-0.05, 0) is 23.8 Å². The van der Waals surface area contributed by atoms with E-state index in [9.17, 15) is 14.7 Å². The molecule has 0 bridgehead atoms. The summed E-state index contributed by atoms with van der Waals surface area (Å²) in [7, 11) is 0. The highest BCUT2D eigenvalue weighted by molar-refractivity contribution is 5.94. The number of nitrogens with one attached hydrogen (secondary N) is 2. The van der Waals surface area contributed by atoms with E-state index in [4.69, 9.17) is 0 Å². The van der Waals surface area contributed by atoms with Crippen LogP contribution >= 0.6 is 0 Å². The Morgan fingerprint density at radius 3 is 2.36 bits per heavy atom. The maximum absolute atomic E-state index is 11.8. The molecular formula is C17H18N2O3. The Balaban J connectivity index is 1.68. The summed E-state index contributed by atoms with van der Waals surface area (Å²) in [6.07, 6.45) is 0.321. The van der Waals surface area contributed by atoms with Crippen LogP contribution < -0.4 is 10.6 Å². The molecule has 0 fully saturated rings. The van der Waals surface area contributed by atoms with Gasteiger partial charge in [-0.1, -0.05) is 36.4 Å². The van der Waals surface area contributed by atoms with E-state index in [2.05, 4.69) is 10.6 Å². The lowest BCUT2D eigenvalue weighted by Gasteiger charge is -2.07. The number of phenols is 1. The van der Waals surface area contributed by atoms with E-state index < -0.39 is 0 Å². The highest BCUT2D eigenvalue weighted by atomic mass is 16.3. The van der Waals surface area contributed by atoms with Crippen LogP contribution in [-0.2, 0) is 11.2 Å². The van der Waals surface area contributed by atoms with Crippen molar-refractivity contribution in [2.24, 2.45) is 0 Å². The third-order valence-electron chi connectivity index (χ3n) is 3.05. The zero-order valence-electron chi connectivity index (χ0n) is 12.1. The topological polar surface area (TPSA) is 78.4 Å². The van der Waals surface area contributed by atoms with Crippen LogP contribution in [0.15, 0.2) is 54.6 Å². The Kier molecular flexibility index (Phi) is 5.54. The third kappa shape index (κ3) is 4.94. The van der Waals surface area contributed by atoms with Gasteiger partial charge in [-0.15, -0.1) is 0 Å². The summed E-state index contributed by atoms with van der Waals surface area (Å²) in [5.74, 6) is -0.324. The molecule has 2 aromatic rings. The molecule has 3 N–H and O–H groups in total. The molecule has 0 heterocycles. The second-order valence-corrected chi connectivity index (χ2v) is 4.82. The van der Waals surface area contributed by atoms with Gasteiger partial charge in [0, 0.05) is 18.7 Å². The van der Waals surface area contributed by atoms with Crippen LogP contribution in [0, 0.1) is 0 Å². The van der Waals surface area contributed by atoms with E-state index in [1.54, 1.807) is 12.1 Å². The molecule has 2 rings (SSSR count). The van der Waals surface area contributed by atoms with Gasteiger partial charge in [-0.25, -0.2) is 0 Å². The van der Waals surface area contributed by atoms with E-state index in [-0.39, 0.29) is 17.6 Å². The van der Waals surface area contributed by atoms with Crippen molar-refractivity contribution in [3.8, 4) is 5.75 Å². The molecule has 0 aliphatic heterocycles. The fourth-order valence-corrected chi connectivity index (χ4v) is 1.97. The Morgan fingerprint density at radius 1 is 0.909 bits per heavy atom. The lowest BCUT2D eigenvalue weighted by Crippen LogP contribution is -2.35. The van der Waals surface area contributed by atoms with Crippen LogP contribution in [0.4, 0.5) is 0 Å². The van der Waals surface area contributed by atoms with Crippen LogP contribution in [0.25, 0.3) is 0 Å². The van der Waals surface area contributed by atoms with Gasteiger partial charge in [0.1, 0.15) is 5.75 Å². The molecule has 2 amide bonds. The Labute approximate surface area is 129 Å². The summed E-state index contributed by atoms with van der Waals surface area (Å²) in [5.41, 5.74) is 1.33. The zero-order valence-corrected chi connectivity index (χ0v) is 12.1. The van der Waals surface area contributed by atoms with Crippen molar-refractivity contribution in [3.63, 3.8) is 0 Å². The van der Waals surface area contributed by atoms with Gasteiger partial charge < -0.3 is 15.7 Å². The summed E-state index contributed by atoms with van der Waals surface area (Å²) in [5, 5.41) is 14.7. The molecule has 0 atom stereocenters. The first kappa shape index (κ1) is 15.6. The van der Waals surface area contributed by atoms with Gasteiger partial charge in [0.25, 0.3) is 5.91 Å². The second-order valence-electron chi connectivity index (χ2n) is 4.82. The number of carbonyl (C=O) groups is 2. The molecule has 5 nitrogen and oxygen atoms in total. The highest BCUT2D eigenvalue weighted by Gasteiger charge is 2.06. The number of aromatic hydroxyl groups is 1. The van der Waals surface area contributed by atoms with E-state index in [0.717, 1.165) is 5.56 Å². The molecule has 0 saturated carbocycles. The van der Waals surface area contributed by atoms with Gasteiger partial charge in [-0.3, -0.25) is 9.59 Å². The summed E-state index contributed by atoms with van der Waals surface area (Å²) in [6, 6.07) is 15.6. The van der Waals surface area contributed by atoms with Crippen molar-refractivity contribution in [1.82, 2.24) is 10.6 Å². The number of amides is 2. The van der Waals surface area contributed by atoms with E-state index in [0.29, 0.717) is 25.1 Å². The van der Waals surface area contributed by atoms with Crippen molar-refractivity contribution in [3.05, 3.63) is 65.7 Å². The molecule has 114 valence electrons. The van der Waals surface area contributed by atoms with Gasteiger partial charge >= 0.3 is 0 Å². The van der Waals surface area contributed by atoms with Crippen LogP contribution in [-0.4, -0.2) is 30.0 Å². The first-order valence-corrected chi connectivity index (χ1v) is 7.03. The summed E-state index contributed by atoms with van der Waals surface area (Å²) < 4.78 is 0. The number of phenolic OH excluding ortho intramolecular Hbond substituents is 1. The van der Waals surface area contributed by atoms with Crippen LogP contribution in [0.5, 0.6) is 5.75 Å². The van der Waals surface area contributed by atoms with Crippen molar-refractivity contribution >= 4 is 11.8 Å². The Morgan fingerprint density at radius 2 is 1.64 bits per heavy atom. The minimum atomic E-state index is -0.284. The van der Waals surface area contributed by atoms with Crippen LogP contribution in [0.1, 0.15) is 15.9 Å². The largest absolute Gasteiger partial charge is 0.508 e. The third-order valence-corrected chi connectivity index (χ3v) is 3.05. The molecular weight excluding hydrogens is 280 g/mol. The molecule has 22 heavy (non-hydrogen) atoms. The number of hydrogen-bond donors (Lipinski definition) is 3. The molecule has 0 aliphatic carbocycles. The van der Waals surface area contributed by atoms with Gasteiger partial charge in [0.15, 0.2) is 0 Å². The molecule has 0 aromatic heterocycles. The summed E-state index contributed by atoms with van der Waals surface area (Å²) >= 11 is 0. The zero-order chi connectivity index (χ0) is 15.8. The van der Waals surface area contributed by atoms with Crippen molar-refractivity contribution < 1.29 is 14.7 Å². The van der Waals surface area contributed by atoms with Crippen molar-refractivity contribution in [2.45, 2.75) is 6.42 Å². The second kappa shape index (κ2) is 7.83. The molecule has 0 spiro atoms. The highest BCUT2D eigenvalue weighted by Crippen LogP contribution is 2.10. The predicted octanol–water partition coefficient (Wildman–Crippen LogP) is 1.48. The minimum absolute atomic E-state index is 0.0452. The molecule has 0 radical (unpaired) electrons. The van der Waals surface area contributed by atoms with Crippen molar-refractivity contribution in [1.29, 1.82) is 0 Å². The number of hydrogen-bond acceptors (Lipinski definition) is 3. The number of benzene rings is 2. The van der Waals surface area contributed by atoms with E-state index in [1.165, 1.54) is 12.1 Å². The van der Waals surface area contributed by atoms with Crippen LogP contribution in [0.3, 0.4) is 0 Å². The van der Waals surface area contributed by atoms with Gasteiger partial charge in [0.05, 0.1) is 6.42 Å². The van der Waals surface area contributed by atoms with Crippen molar-refractivity contribution in [2.75, 3.05) is 13.1 Å². The first-order valence-electron chi connectivity index (χ1n) is 7.03. The molecule has 0 saturated heterocycles. The number of carbonyl (C=O) groups excluding carboxylic acids is 2. The van der Waals surface area contributed by atoms with E-state index in [1.807, 2.05) is 30.3 Å². The molecule has 0 aliphatic rings. The fourth-order valence-electron chi connectivity index (χ4n) is 1.97. The summed E-state index contributed by atoms with van der Waals surface area (Å²) in [6.45, 7) is 0.686. The Hall–Kier alpha value is -2.82. The lowest BCUT2D eigenvalue weighted by molar-refractivity contribution is -0.120. The van der Waals surface area contributed by atoms with Crippen LogP contribution in [0.2, 0.25) is 0 Å². The first-order chi connectivity index (χ1) is 10.6. The minimum Gasteiger partial charge on any atom is -0.508 e. The Bertz CT molecular complexity index is 641. The molecule has 0 unspecified atom stereocenters. The standard InChI is InChI=1S/C17H18N2O3/c20-15-8-4-7-14(12-15)17(22)19-10-9-18-16(21)11-13-5-2-1-3-6-13/h1-8,12,20H,9-11H2,(H,18,21)(H,19,22). The summed E-state index contributed by atoms with van der Waals surface area (Å²) in [4.78, 5) is 23.5. The average Bonchev–Trinajstić information content (AvgIpc) is 2.52. The quantitative estimate of drug-likeness (QED) is 0.707. The fraction of sp³-hybridized carbons (Fsp3) is 0.176. The van der Waals surface area contributed by atoms with Gasteiger partial charge in [-0.2, -0.15) is 0 Å². The monoisotopic (exact) mass is 298 g/mol. The molecule has 2 aromatic carbocycles. The lowest BCUT2D eigenvalue weighted by atomic mass is 10.1.